The number of nitrogens with zero attached hydrogens (tertiary/aromatic N) is 3. The summed E-state index contributed by atoms with van der Waals surface area (Å²) in [7, 11) is 0. The first kappa shape index (κ1) is 8.56. The molecular weight excluding hydrogens is 182 g/mol. The number of hydrogen-bond donors (Lipinski definition) is 0. The molecule has 0 aromatic carbocycles. The first-order valence-corrected chi connectivity index (χ1v) is 5.18. The summed E-state index contributed by atoms with van der Waals surface area (Å²) >= 11 is 1.64. The van der Waals surface area contributed by atoms with Gasteiger partial charge in [0.25, 0.3) is 0 Å². The Morgan fingerprint density at radius 1 is 1.46 bits per heavy atom. The summed E-state index contributed by atoms with van der Waals surface area (Å²) in [4.78, 5) is 5.49. The summed E-state index contributed by atoms with van der Waals surface area (Å²) in [6, 6.07) is 2.09. The smallest absolute Gasteiger partial charge is 0.0881 e. The van der Waals surface area contributed by atoms with Crippen molar-refractivity contribution in [2.45, 2.75) is 27.2 Å². The fourth-order valence-corrected chi connectivity index (χ4v) is 2.14. The van der Waals surface area contributed by atoms with Crippen molar-refractivity contribution in [1.29, 1.82) is 0 Å². The van der Waals surface area contributed by atoms with Crippen LogP contribution in [0, 0.1) is 13.8 Å². The average Bonchev–Trinajstić information content (AvgIpc) is 2.46. The maximum Gasteiger partial charge on any atom is 0.410 e. The molecule has 0 N–H and O–H groups in total. The van der Waals surface area contributed by atoms with E-state index in [1.165, 1.54) is 0 Å². The average molecular weight is 194 g/mol. The lowest BCUT2D eigenvalue weighted by atomic mass is 10.3. The molecule has 0 spiro atoms. The zero-order chi connectivity index (χ0) is 9.42. The Labute approximate surface area is 81.1 Å². The molecule has 0 aliphatic carbocycles. The van der Waals surface area contributed by atoms with Crippen molar-refractivity contribution in [3.05, 3.63) is 22.5 Å². The van der Waals surface area contributed by atoms with Crippen molar-refractivity contribution < 1.29 is 4.52 Å². The molecule has 13 heavy (non-hydrogen) atoms. The van der Waals surface area contributed by atoms with Crippen molar-refractivity contribution in [1.82, 2.24) is 10.1 Å². The SMILES string of the molecule is CCc1cc(C)[n+]2nc(C)sc2n1. The van der Waals surface area contributed by atoms with Crippen LogP contribution in [0.15, 0.2) is 6.07 Å². The normalized spacial score (nSPS) is 11.0. The van der Waals surface area contributed by atoms with E-state index in [9.17, 15) is 0 Å². The standard InChI is InChI=1S/C9H12N3S/c1-4-8-5-6(2)12-9(10-8)13-7(3)11-12/h5H,4H2,1-3H3/q+1. The van der Waals surface area contributed by atoms with Crippen LogP contribution in [0.25, 0.3) is 4.96 Å². The molecule has 68 valence electrons. The third kappa shape index (κ3) is 1.42. The fourth-order valence-electron chi connectivity index (χ4n) is 1.32. The van der Waals surface area contributed by atoms with E-state index < -0.39 is 0 Å². The predicted molar refractivity (Wildman–Crippen MR) is 51.9 cm³/mol. The van der Waals surface area contributed by atoms with E-state index in [1.54, 1.807) is 11.3 Å². The van der Waals surface area contributed by atoms with E-state index in [0.717, 1.165) is 27.8 Å². The highest BCUT2D eigenvalue weighted by Crippen LogP contribution is 2.08. The van der Waals surface area contributed by atoms with Gasteiger partial charge in [0.15, 0.2) is 5.69 Å². The van der Waals surface area contributed by atoms with Crippen molar-refractivity contribution in [2.24, 2.45) is 0 Å². The van der Waals surface area contributed by atoms with Gasteiger partial charge in [0.05, 0.1) is 0 Å². The number of aromatic nitrogens is 3. The molecule has 0 bridgehead atoms. The Morgan fingerprint density at radius 2 is 2.23 bits per heavy atom. The van der Waals surface area contributed by atoms with Gasteiger partial charge in [0.1, 0.15) is 10.7 Å². The highest BCUT2D eigenvalue weighted by atomic mass is 32.1. The molecule has 2 rings (SSSR count). The lowest BCUT2D eigenvalue weighted by Gasteiger charge is -1.89. The quantitative estimate of drug-likeness (QED) is 0.643. The summed E-state index contributed by atoms with van der Waals surface area (Å²) in [6.45, 7) is 6.18. The van der Waals surface area contributed by atoms with Crippen LogP contribution in [-0.2, 0) is 6.42 Å². The second-order valence-electron chi connectivity index (χ2n) is 3.06. The maximum atomic E-state index is 4.49. The predicted octanol–water partition coefficient (Wildman–Crippen LogP) is 1.46. The molecule has 2 aromatic heterocycles. The summed E-state index contributed by atoms with van der Waals surface area (Å²) in [5.74, 6) is 0. The second-order valence-corrected chi connectivity index (χ2v) is 4.22. The number of hydrogen-bond acceptors (Lipinski definition) is 3. The Morgan fingerprint density at radius 3 is 2.92 bits per heavy atom. The molecular formula is C9H12N3S+. The highest BCUT2D eigenvalue weighted by molar-refractivity contribution is 7.16. The molecule has 0 aliphatic rings. The Bertz CT molecular complexity index is 447. The summed E-state index contributed by atoms with van der Waals surface area (Å²) in [5, 5.41) is 5.42. The van der Waals surface area contributed by atoms with Gasteiger partial charge in [0, 0.05) is 19.4 Å². The van der Waals surface area contributed by atoms with E-state index in [-0.39, 0.29) is 0 Å². The molecule has 0 saturated carbocycles. The number of aryl methyl sites for hydroxylation is 3. The van der Waals surface area contributed by atoms with Crippen LogP contribution in [0.3, 0.4) is 0 Å². The van der Waals surface area contributed by atoms with Gasteiger partial charge in [-0.25, -0.2) is 0 Å². The van der Waals surface area contributed by atoms with Crippen LogP contribution in [-0.4, -0.2) is 10.1 Å². The van der Waals surface area contributed by atoms with Crippen LogP contribution in [0.1, 0.15) is 23.3 Å². The van der Waals surface area contributed by atoms with Crippen LogP contribution in [0.2, 0.25) is 0 Å². The topological polar surface area (TPSA) is 29.9 Å². The van der Waals surface area contributed by atoms with Gasteiger partial charge in [-0.15, -0.1) is 0 Å². The van der Waals surface area contributed by atoms with Crippen molar-refractivity contribution in [3.63, 3.8) is 0 Å². The largest absolute Gasteiger partial charge is 0.410 e. The third-order valence-electron chi connectivity index (χ3n) is 1.97. The van der Waals surface area contributed by atoms with Gasteiger partial charge in [-0.05, 0) is 23.2 Å². The molecule has 0 atom stereocenters. The lowest BCUT2D eigenvalue weighted by molar-refractivity contribution is -0.585. The Kier molecular flexibility index (Phi) is 2.00. The van der Waals surface area contributed by atoms with Crippen molar-refractivity contribution in [3.8, 4) is 0 Å². The highest BCUT2D eigenvalue weighted by Gasteiger charge is 2.14. The summed E-state index contributed by atoms with van der Waals surface area (Å²) in [5.41, 5.74) is 2.30. The fraction of sp³-hybridized carbons (Fsp3) is 0.444. The Balaban J connectivity index is 2.75. The van der Waals surface area contributed by atoms with E-state index >= 15 is 0 Å². The third-order valence-corrected chi connectivity index (χ3v) is 2.80. The molecule has 2 heterocycles. The van der Waals surface area contributed by atoms with Gasteiger partial charge >= 0.3 is 4.96 Å². The Hall–Kier alpha value is -1.03. The van der Waals surface area contributed by atoms with Gasteiger partial charge in [0.2, 0.25) is 0 Å². The molecule has 0 aliphatic heterocycles. The molecule has 2 aromatic rings. The molecule has 0 unspecified atom stereocenters. The first-order chi connectivity index (χ1) is 6.20. The van der Waals surface area contributed by atoms with E-state index in [4.69, 9.17) is 0 Å². The van der Waals surface area contributed by atoms with Gasteiger partial charge in [-0.1, -0.05) is 16.5 Å². The molecule has 0 fully saturated rings. The minimum absolute atomic E-state index is 0.980. The van der Waals surface area contributed by atoms with Gasteiger partial charge in [-0.2, -0.15) is 0 Å². The minimum Gasteiger partial charge on any atom is -0.0881 e. The first-order valence-electron chi connectivity index (χ1n) is 4.36. The minimum atomic E-state index is 0.980. The monoisotopic (exact) mass is 194 g/mol. The molecule has 4 heteroatoms. The number of rotatable bonds is 1. The number of fused-ring (bicyclic) bond motifs is 1. The van der Waals surface area contributed by atoms with E-state index in [0.29, 0.717) is 0 Å². The molecule has 0 saturated heterocycles. The molecule has 3 nitrogen and oxygen atoms in total. The van der Waals surface area contributed by atoms with E-state index in [2.05, 4.69) is 30.0 Å². The maximum absolute atomic E-state index is 4.49. The zero-order valence-corrected chi connectivity index (χ0v) is 8.85. The molecule has 0 amide bonds. The zero-order valence-electron chi connectivity index (χ0n) is 8.03. The van der Waals surface area contributed by atoms with Crippen LogP contribution in [0.4, 0.5) is 0 Å². The summed E-state index contributed by atoms with van der Waals surface area (Å²) < 4.78 is 1.90. The second kappa shape index (κ2) is 3.03. The van der Waals surface area contributed by atoms with Crippen LogP contribution >= 0.6 is 11.3 Å². The molecule has 0 radical (unpaired) electrons. The van der Waals surface area contributed by atoms with Crippen LogP contribution in [0.5, 0.6) is 0 Å². The lowest BCUT2D eigenvalue weighted by Crippen LogP contribution is -2.28. The van der Waals surface area contributed by atoms with Gasteiger partial charge < -0.3 is 0 Å². The summed E-state index contributed by atoms with van der Waals surface area (Å²) in [6.07, 6.45) is 0.980. The van der Waals surface area contributed by atoms with Crippen LogP contribution < -0.4 is 4.52 Å². The van der Waals surface area contributed by atoms with Gasteiger partial charge in [-0.3, -0.25) is 0 Å². The van der Waals surface area contributed by atoms with Crippen molar-refractivity contribution in [2.75, 3.05) is 0 Å². The van der Waals surface area contributed by atoms with Crippen molar-refractivity contribution >= 4 is 16.3 Å². The van der Waals surface area contributed by atoms with E-state index in [1.807, 2.05) is 11.4 Å².